The predicted molar refractivity (Wildman–Crippen MR) is 116 cm³/mol. The molecule has 0 N–H and O–H groups in total. The number of hydrogen-bond acceptors (Lipinski definition) is 6. The second-order valence-electron chi connectivity index (χ2n) is 7.61. The first-order chi connectivity index (χ1) is 15.0. The van der Waals surface area contributed by atoms with Crippen molar-refractivity contribution in [3.8, 4) is 11.5 Å². The topological polar surface area (TPSA) is 77.4 Å². The second kappa shape index (κ2) is 7.12. The predicted octanol–water partition coefficient (Wildman–Crippen LogP) is 3.68. The van der Waals surface area contributed by atoms with Crippen LogP contribution < -0.4 is 14.4 Å². The lowest BCUT2D eigenvalue weighted by atomic mass is 9.92. The van der Waals surface area contributed by atoms with E-state index in [-0.39, 0.29) is 18.7 Å². The van der Waals surface area contributed by atoms with E-state index in [4.69, 9.17) is 14.3 Å². The van der Waals surface area contributed by atoms with Crippen LogP contribution in [0.2, 0.25) is 0 Å². The number of nitrogens with zero attached hydrogens (tertiary/aromatic N) is 2. The molecule has 0 radical (unpaired) electrons. The number of carbonyl (C=O) groups is 2. The molecule has 7 nitrogen and oxygen atoms in total. The van der Waals surface area contributed by atoms with Gasteiger partial charge in [0.2, 0.25) is 11.5 Å². The Bertz CT molecular complexity index is 1250. The maximum Gasteiger partial charge on any atom is 0.281 e. The minimum absolute atomic E-state index is 0.0653. The van der Waals surface area contributed by atoms with Crippen LogP contribution in [0.4, 0.5) is 5.69 Å². The average Bonchev–Trinajstić information content (AvgIpc) is 3.33. The zero-order chi connectivity index (χ0) is 21.6. The summed E-state index contributed by atoms with van der Waals surface area (Å²) in [5.41, 5.74) is 0.457. The summed E-state index contributed by atoms with van der Waals surface area (Å²) in [5, 5.41) is 6.15. The van der Waals surface area contributed by atoms with Crippen molar-refractivity contribution in [2.24, 2.45) is 5.16 Å². The molecule has 0 aliphatic carbocycles. The molecular formula is C24H20N2O5. The van der Waals surface area contributed by atoms with Crippen LogP contribution in [0.15, 0.2) is 65.8 Å². The summed E-state index contributed by atoms with van der Waals surface area (Å²) in [6.07, 6.45) is 0.120. The Labute approximate surface area is 178 Å². The molecule has 0 unspecified atom stereocenters. The fourth-order valence-electron chi connectivity index (χ4n) is 4.16. The number of anilines is 1. The lowest BCUT2D eigenvalue weighted by Gasteiger charge is -2.20. The molecular weight excluding hydrogens is 396 g/mol. The molecule has 0 saturated carbocycles. The van der Waals surface area contributed by atoms with Crippen LogP contribution in [0.25, 0.3) is 10.8 Å². The number of imide groups is 1. The molecule has 0 bridgehead atoms. The summed E-state index contributed by atoms with van der Waals surface area (Å²) in [6, 6.07) is 18.6. The number of methoxy groups -OCH3 is 2. The number of hydrogen-bond donors (Lipinski definition) is 0. The molecule has 1 spiro atoms. The smallest absolute Gasteiger partial charge is 0.281 e. The van der Waals surface area contributed by atoms with Gasteiger partial charge in [0.1, 0.15) is 11.5 Å². The Morgan fingerprint density at radius 1 is 0.935 bits per heavy atom. The van der Waals surface area contributed by atoms with Crippen molar-refractivity contribution in [1.29, 1.82) is 0 Å². The van der Waals surface area contributed by atoms with Crippen molar-refractivity contribution in [2.45, 2.75) is 18.4 Å². The van der Waals surface area contributed by atoms with Crippen LogP contribution in [-0.4, -0.2) is 37.3 Å². The van der Waals surface area contributed by atoms with Gasteiger partial charge < -0.3 is 14.3 Å². The Kier molecular flexibility index (Phi) is 4.39. The van der Waals surface area contributed by atoms with Gasteiger partial charge in [-0.15, -0.1) is 0 Å². The zero-order valence-electron chi connectivity index (χ0n) is 17.1. The van der Waals surface area contributed by atoms with E-state index < -0.39 is 11.5 Å². The highest BCUT2D eigenvalue weighted by Gasteiger charge is 2.58. The van der Waals surface area contributed by atoms with E-state index in [9.17, 15) is 9.59 Å². The van der Waals surface area contributed by atoms with Crippen molar-refractivity contribution in [3.05, 3.63) is 66.2 Å². The summed E-state index contributed by atoms with van der Waals surface area (Å²) in [7, 11) is 3.12. The number of fused-ring (bicyclic) bond motifs is 1. The Hall–Kier alpha value is -3.87. The molecule has 7 heteroatoms. The molecule has 3 aromatic rings. The normalized spacial score (nSPS) is 20.3. The molecule has 156 valence electrons. The molecule has 0 aromatic heterocycles. The number of amides is 2. The number of rotatable bonds is 4. The maximum absolute atomic E-state index is 13.4. The highest BCUT2D eigenvalue weighted by Crippen LogP contribution is 2.41. The summed E-state index contributed by atoms with van der Waals surface area (Å²) in [6.45, 7) is 0. The molecule has 1 atom stereocenters. The highest BCUT2D eigenvalue weighted by molar-refractivity contribution is 6.26. The Morgan fingerprint density at radius 2 is 1.74 bits per heavy atom. The molecule has 3 aromatic carbocycles. The number of carbonyl (C=O) groups excluding carboxylic acids is 2. The van der Waals surface area contributed by atoms with Crippen LogP contribution in [0.5, 0.6) is 11.5 Å². The first-order valence-corrected chi connectivity index (χ1v) is 9.88. The third-order valence-electron chi connectivity index (χ3n) is 5.77. The molecule has 2 amide bonds. The van der Waals surface area contributed by atoms with Crippen molar-refractivity contribution < 1.29 is 23.9 Å². The minimum atomic E-state index is -1.33. The summed E-state index contributed by atoms with van der Waals surface area (Å²) in [4.78, 5) is 33.1. The van der Waals surface area contributed by atoms with Crippen LogP contribution in [0, 0.1) is 0 Å². The van der Waals surface area contributed by atoms with E-state index >= 15 is 0 Å². The molecule has 2 aliphatic heterocycles. The SMILES string of the molecule is COc1ccc(C2=NO[C@]3(CC(=O)N(c4ccc5ccccc5c4)C3=O)C2)c(OC)c1. The van der Waals surface area contributed by atoms with Gasteiger partial charge in [0.15, 0.2) is 0 Å². The van der Waals surface area contributed by atoms with E-state index in [1.54, 1.807) is 38.5 Å². The minimum Gasteiger partial charge on any atom is -0.497 e. The first-order valence-electron chi connectivity index (χ1n) is 9.88. The standard InChI is InChI=1S/C24H20N2O5/c1-29-18-9-10-19(21(12-18)30-2)20-13-24(31-25-20)14-22(27)26(23(24)28)17-8-7-15-5-3-4-6-16(15)11-17/h3-12H,13-14H2,1-2H3/t24-/m0/s1. The summed E-state index contributed by atoms with van der Waals surface area (Å²) >= 11 is 0. The average molecular weight is 416 g/mol. The van der Waals surface area contributed by atoms with Gasteiger partial charge in [-0.2, -0.15) is 0 Å². The number of ether oxygens (including phenoxy) is 2. The molecule has 1 saturated heterocycles. The van der Waals surface area contributed by atoms with Crippen LogP contribution in [0.3, 0.4) is 0 Å². The molecule has 1 fully saturated rings. The van der Waals surface area contributed by atoms with E-state index in [1.165, 1.54) is 4.90 Å². The van der Waals surface area contributed by atoms with Gasteiger partial charge in [-0.25, -0.2) is 4.90 Å². The highest BCUT2D eigenvalue weighted by atomic mass is 16.7. The van der Waals surface area contributed by atoms with Crippen molar-refractivity contribution in [1.82, 2.24) is 0 Å². The Morgan fingerprint density at radius 3 is 2.52 bits per heavy atom. The summed E-state index contributed by atoms with van der Waals surface area (Å²) < 4.78 is 10.7. The van der Waals surface area contributed by atoms with E-state index in [0.717, 1.165) is 10.8 Å². The fraction of sp³-hybridized carbons (Fsp3) is 0.208. The third kappa shape index (κ3) is 3.01. The fourth-order valence-corrected chi connectivity index (χ4v) is 4.16. The van der Waals surface area contributed by atoms with Crippen LogP contribution in [0.1, 0.15) is 18.4 Å². The van der Waals surface area contributed by atoms with Crippen molar-refractivity contribution in [3.63, 3.8) is 0 Å². The van der Waals surface area contributed by atoms with Crippen molar-refractivity contribution in [2.75, 3.05) is 19.1 Å². The lowest BCUT2D eigenvalue weighted by molar-refractivity contribution is -0.136. The van der Waals surface area contributed by atoms with Gasteiger partial charge in [-0.1, -0.05) is 35.5 Å². The van der Waals surface area contributed by atoms with E-state index in [1.807, 2.05) is 36.4 Å². The molecule has 5 rings (SSSR count). The maximum atomic E-state index is 13.4. The molecule has 2 heterocycles. The van der Waals surface area contributed by atoms with E-state index in [2.05, 4.69) is 5.16 Å². The quantitative estimate of drug-likeness (QED) is 0.607. The summed E-state index contributed by atoms with van der Waals surface area (Å²) in [5.74, 6) is 0.490. The second-order valence-corrected chi connectivity index (χ2v) is 7.61. The third-order valence-corrected chi connectivity index (χ3v) is 5.77. The van der Waals surface area contributed by atoms with Gasteiger partial charge in [0, 0.05) is 18.1 Å². The van der Waals surface area contributed by atoms with Gasteiger partial charge in [-0.05, 0) is 35.0 Å². The van der Waals surface area contributed by atoms with E-state index in [0.29, 0.717) is 28.5 Å². The number of oxime groups is 1. The molecule has 31 heavy (non-hydrogen) atoms. The van der Waals surface area contributed by atoms with Gasteiger partial charge in [0.25, 0.3) is 5.91 Å². The first kappa shape index (κ1) is 19.1. The monoisotopic (exact) mass is 416 g/mol. The van der Waals surface area contributed by atoms with Crippen LogP contribution >= 0.6 is 0 Å². The zero-order valence-corrected chi connectivity index (χ0v) is 17.1. The van der Waals surface area contributed by atoms with Gasteiger partial charge >= 0.3 is 0 Å². The van der Waals surface area contributed by atoms with Gasteiger partial charge in [-0.3, -0.25) is 9.59 Å². The van der Waals surface area contributed by atoms with Gasteiger partial charge in [0.05, 0.1) is 32.0 Å². The van der Waals surface area contributed by atoms with Crippen LogP contribution in [-0.2, 0) is 14.4 Å². The molecule has 2 aliphatic rings. The van der Waals surface area contributed by atoms with Crippen molar-refractivity contribution >= 4 is 34.0 Å². The largest absolute Gasteiger partial charge is 0.497 e. The lowest BCUT2D eigenvalue weighted by Crippen LogP contribution is -2.40. The number of benzene rings is 3. The Balaban J connectivity index is 1.45.